The summed E-state index contributed by atoms with van der Waals surface area (Å²) in [4.78, 5) is 15.1. The van der Waals surface area contributed by atoms with Crippen LogP contribution in [0.2, 0.25) is 0 Å². The molecule has 3 rings (SSSR count). The number of halogens is 1. The number of piperidine rings is 1. The third-order valence-electron chi connectivity index (χ3n) is 4.12. The lowest BCUT2D eigenvalue weighted by molar-refractivity contribution is 0.0521. The van der Waals surface area contributed by atoms with Crippen LogP contribution in [0.25, 0.3) is 10.9 Å². The summed E-state index contributed by atoms with van der Waals surface area (Å²) in [5.41, 5.74) is 1.15. The molecular weight excluding hydrogens is 311 g/mol. The quantitative estimate of drug-likeness (QED) is 0.673. The van der Waals surface area contributed by atoms with Gasteiger partial charge in [0, 0.05) is 24.0 Å². The molecule has 2 heterocycles. The molecule has 128 valence electrons. The minimum atomic E-state index is -0.518. The Morgan fingerprint density at radius 1 is 1.50 bits per heavy atom. The number of fused-ring (bicyclic) bond motifs is 1. The van der Waals surface area contributed by atoms with Crippen LogP contribution in [0.15, 0.2) is 28.5 Å². The summed E-state index contributed by atoms with van der Waals surface area (Å²) in [5.74, 6) is -0.349. The van der Waals surface area contributed by atoms with Gasteiger partial charge in [0.2, 0.25) is 0 Å². The number of benzene rings is 1. The maximum absolute atomic E-state index is 13.6. The fourth-order valence-electron chi connectivity index (χ4n) is 2.96. The zero-order chi connectivity index (χ0) is 17.1. The van der Waals surface area contributed by atoms with Gasteiger partial charge < -0.3 is 9.72 Å². The Labute approximate surface area is 139 Å². The van der Waals surface area contributed by atoms with Crippen molar-refractivity contribution in [3.05, 3.63) is 29.7 Å². The van der Waals surface area contributed by atoms with Crippen LogP contribution in [0.3, 0.4) is 0 Å². The molecule has 1 N–H and O–H groups in total. The van der Waals surface area contributed by atoms with Crippen molar-refractivity contribution < 1.29 is 13.9 Å². The predicted molar refractivity (Wildman–Crippen MR) is 88.7 cm³/mol. The molecule has 0 bridgehead atoms. The Morgan fingerprint density at radius 2 is 2.33 bits per heavy atom. The van der Waals surface area contributed by atoms with E-state index >= 15 is 0 Å². The Kier molecular flexibility index (Phi) is 4.78. The number of esters is 1. The zero-order valence-electron chi connectivity index (χ0n) is 13.9. The average molecular weight is 332 g/mol. The third kappa shape index (κ3) is 3.39. The maximum atomic E-state index is 13.6. The summed E-state index contributed by atoms with van der Waals surface area (Å²) in [6, 6.07) is 4.26. The SMILES string of the molecule is CCOC(=O)c1[nH]c2ccc(F)cc2c1N=NN1CCCC(C)C1. The molecule has 7 heteroatoms. The molecule has 1 unspecified atom stereocenters. The Bertz CT molecular complexity index is 771. The van der Waals surface area contributed by atoms with E-state index in [4.69, 9.17) is 4.74 Å². The molecule has 1 fully saturated rings. The lowest BCUT2D eigenvalue weighted by atomic mass is 10.0. The van der Waals surface area contributed by atoms with Crippen LogP contribution in [0.5, 0.6) is 0 Å². The largest absolute Gasteiger partial charge is 0.461 e. The number of nitrogens with zero attached hydrogens (tertiary/aromatic N) is 3. The van der Waals surface area contributed by atoms with Crippen molar-refractivity contribution in [3.63, 3.8) is 0 Å². The second-order valence-corrected chi connectivity index (χ2v) is 6.11. The van der Waals surface area contributed by atoms with Crippen molar-refractivity contribution in [3.8, 4) is 0 Å². The fraction of sp³-hybridized carbons (Fsp3) is 0.471. The van der Waals surface area contributed by atoms with E-state index in [1.165, 1.54) is 18.6 Å². The summed E-state index contributed by atoms with van der Waals surface area (Å²) in [6.07, 6.45) is 2.24. The number of carbonyl (C=O) groups excluding carboxylic acids is 1. The summed E-state index contributed by atoms with van der Waals surface area (Å²) in [6.45, 7) is 5.82. The molecular formula is C17H21FN4O2. The van der Waals surface area contributed by atoms with E-state index < -0.39 is 5.97 Å². The monoisotopic (exact) mass is 332 g/mol. The van der Waals surface area contributed by atoms with Crippen molar-refractivity contribution in [2.24, 2.45) is 16.3 Å². The van der Waals surface area contributed by atoms with E-state index in [0.717, 1.165) is 19.5 Å². The number of H-pyrrole nitrogens is 1. The highest BCUT2D eigenvalue weighted by atomic mass is 19.1. The Morgan fingerprint density at radius 3 is 3.08 bits per heavy atom. The number of aromatic amines is 1. The summed E-state index contributed by atoms with van der Waals surface area (Å²) in [5, 5.41) is 10.9. The number of aromatic nitrogens is 1. The Balaban J connectivity index is 1.98. The molecule has 2 aromatic rings. The molecule has 0 spiro atoms. The first-order chi connectivity index (χ1) is 11.6. The van der Waals surface area contributed by atoms with Gasteiger partial charge in [0.25, 0.3) is 0 Å². The highest BCUT2D eigenvalue weighted by molar-refractivity contribution is 6.04. The molecule has 1 aliphatic rings. The van der Waals surface area contributed by atoms with Crippen molar-refractivity contribution in [1.82, 2.24) is 9.99 Å². The minimum absolute atomic E-state index is 0.200. The van der Waals surface area contributed by atoms with E-state index in [2.05, 4.69) is 22.2 Å². The number of nitrogens with one attached hydrogen (secondary N) is 1. The predicted octanol–water partition coefficient (Wildman–Crippen LogP) is 4.21. The average Bonchev–Trinajstić information content (AvgIpc) is 2.91. The lowest BCUT2D eigenvalue weighted by Crippen LogP contribution is -2.29. The molecule has 1 aromatic carbocycles. The van der Waals surface area contributed by atoms with E-state index in [9.17, 15) is 9.18 Å². The molecule has 1 aliphatic heterocycles. The van der Waals surface area contributed by atoms with Crippen LogP contribution in [0, 0.1) is 11.7 Å². The molecule has 24 heavy (non-hydrogen) atoms. The Hall–Kier alpha value is -2.44. The van der Waals surface area contributed by atoms with Crippen LogP contribution in [0.4, 0.5) is 10.1 Å². The van der Waals surface area contributed by atoms with E-state index in [1.807, 2.05) is 5.01 Å². The number of hydrogen-bond donors (Lipinski definition) is 1. The molecule has 1 atom stereocenters. The number of ether oxygens (including phenoxy) is 1. The molecule has 0 amide bonds. The van der Waals surface area contributed by atoms with Gasteiger partial charge in [0.15, 0.2) is 5.69 Å². The van der Waals surface area contributed by atoms with Gasteiger partial charge in [-0.3, -0.25) is 5.01 Å². The van der Waals surface area contributed by atoms with E-state index in [-0.39, 0.29) is 18.1 Å². The van der Waals surface area contributed by atoms with Crippen molar-refractivity contribution in [2.75, 3.05) is 19.7 Å². The summed E-state index contributed by atoms with van der Waals surface area (Å²) in [7, 11) is 0. The van der Waals surface area contributed by atoms with Crippen LogP contribution in [-0.4, -0.2) is 35.7 Å². The molecule has 0 radical (unpaired) electrons. The fourth-order valence-corrected chi connectivity index (χ4v) is 2.96. The topological polar surface area (TPSA) is 70.0 Å². The van der Waals surface area contributed by atoms with Gasteiger partial charge in [0.1, 0.15) is 11.5 Å². The minimum Gasteiger partial charge on any atom is -0.461 e. The number of carbonyl (C=O) groups is 1. The second kappa shape index (κ2) is 6.98. The van der Waals surface area contributed by atoms with Crippen molar-refractivity contribution in [2.45, 2.75) is 26.7 Å². The standard InChI is InChI=1S/C17H21FN4O2/c1-3-24-17(23)16-15(13-9-12(18)6-7-14(13)19-16)20-21-22-8-4-5-11(2)10-22/h6-7,9,11,19H,3-5,8,10H2,1-2H3. The highest BCUT2D eigenvalue weighted by Crippen LogP contribution is 2.32. The molecule has 6 nitrogen and oxygen atoms in total. The molecule has 1 saturated heterocycles. The van der Waals surface area contributed by atoms with Crippen molar-refractivity contribution >= 4 is 22.6 Å². The van der Waals surface area contributed by atoms with Gasteiger partial charge in [-0.2, -0.15) is 0 Å². The highest BCUT2D eigenvalue weighted by Gasteiger charge is 2.20. The molecule has 0 saturated carbocycles. The van der Waals surface area contributed by atoms with Gasteiger partial charge in [0.05, 0.1) is 6.61 Å². The summed E-state index contributed by atoms with van der Waals surface area (Å²) < 4.78 is 18.7. The second-order valence-electron chi connectivity index (χ2n) is 6.11. The zero-order valence-corrected chi connectivity index (χ0v) is 13.9. The number of rotatable bonds is 4. The van der Waals surface area contributed by atoms with Crippen molar-refractivity contribution in [1.29, 1.82) is 0 Å². The molecule has 1 aromatic heterocycles. The molecule has 0 aliphatic carbocycles. The lowest BCUT2D eigenvalue weighted by Gasteiger charge is -2.27. The van der Waals surface area contributed by atoms with Gasteiger partial charge in [-0.25, -0.2) is 9.18 Å². The smallest absolute Gasteiger partial charge is 0.357 e. The number of hydrogen-bond acceptors (Lipinski definition) is 4. The first-order valence-corrected chi connectivity index (χ1v) is 8.23. The van der Waals surface area contributed by atoms with E-state index in [1.54, 1.807) is 13.0 Å². The van der Waals surface area contributed by atoms with Gasteiger partial charge >= 0.3 is 5.97 Å². The first kappa shape index (κ1) is 16.4. The van der Waals surface area contributed by atoms with Crippen LogP contribution in [0.1, 0.15) is 37.2 Å². The van der Waals surface area contributed by atoms with Crippen LogP contribution >= 0.6 is 0 Å². The van der Waals surface area contributed by atoms with E-state index in [0.29, 0.717) is 22.5 Å². The van der Waals surface area contributed by atoms with Crippen LogP contribution in [-0.2, 0) is 4.74 Å². The maximum Gasteiger partial charge on any atom is 0.357 e. The normalized spacial score (nSPS) is 18.5. The van der Waals surface area contributed by atoms with Crippen LogP contribution < -0.4 is 0 Å². The third-order valence-corrected chi connectivity index (χ3v) is 4.12. The first-order valence-electron chi connectivity index (χ1n) is 8.23. The van der Waals surface area contributed by atoms with Gasteiger partial charge in [-0.15, -0.1) is 5.11 Å². The summed E-state index contributed by atoms with van der Waals surface area (Å²) >= 11 is 0. The van der Waals surface area contributed by atoms with Gasteiger partial charge in [-0.1, -0.05) is 12.1 Å². The van der Waals surface area contributed by atoms with Gasteiger partial charge in [-0.05, 0) is 43.9 Å².